The molecule has 0 radical (unpaired) electrons. The summed E-state index contributed by atoms with van der Waals surface area (Å²) >= 11 is 0. The van der Waals surface area contributed by atoms with E-state index in [-0.39, 0.29) is 0 Å². The minimum atomic E-state index is -0.856. The Labute approximate surface area is 97.2 Å². The van der Waals surface area contributed by atoms with Crippen LogP contribution in [0.15, 0.2) is 35.1 Å². The van der Waals surface area contributed by atoms with Crippen molar-refractivity contribution in [3.05, 3.63) is 35.9 Å². The number of hydrazine groups is 1. The molecule has 1 N–H and O–H groups in total. The van der Waals surface area contributed by atoms with Gasteiger partial charge in [-0.3, -0.25) is 5.01 Å². The molecule has 0 bridgehead atoms. The average molecular weight is 237 g/mol. The lowest BCUT2D eigenvalue weighted by Crippen LogP contribution is -2.32. The first-order chi connectivity index (χ1) is 7.79. The molecule has 5 heteroatoms. The molecule has 1 heterocycles. The van der Waals surface area contributed by atoms with Gasteiger partial charge in [0, 0.05) is 13.5 Å². The highest BCUT2D eigenvalue weighted by Gasteiger charge is 2.22. The molecule has 0 saturated heterocycles. The Morgan fingerprint density at radius 3 is 2.81 bits per heavy atom. The van der Waals surface area contributed by atoms with Gasteiger partial charge in [0.1, 0.15) is 5.84 Å². The van der Waals surface area contributed by atoms with E-state index in [4.69, 9.17) is 4.52 Å². The summed E-state index contributed by atoms with van der Waals surface area (Å²) in [6.45, 7) is 2.67. The summed E-state index contributed by atoms with van der Waals surface area (Å²) in [5, 5.41) is 5.15. The van der Waals surface area contributed by atoms with Crippen LogP contribution in [-0.2, 0) is 10.9 Å². The van der Waals surface area contributed by atoms with Crippen LogP contribution >= 0.6 is 8.45 Å². The summed E-state index contributed by atoms with van der Waals surface area (Å²) in [5.74, 6) is 1.03. The number of nitrogens with one attached hydrogen (secondary N) is 1. The SMILES string of the molecule is CCOP1N=C(Cc2ccccc2)N(C)N1. The van der Waals surface area contributed by atoms with Gasteiger partial charge >= 0.3 is 0 Å². The molecule has 2 rings (SSSR count). The second kappa shape index (κ2) is 5.39. The number of likely N-dealkylation sites (N-methyl/N-ethyl adjacent to an activating group) is 1. The third-order valence-electron chi connectivity index (χ3n) is 2.29. The molecule has 1 aromatic rings. The van der Waals surface area contributed by atoms with Gasteiger partial charge < -0.3 is 4.52 Å². The smallest absolute Gasteiger partial charge is 0.256 e. The van der Waals surface area contributed by atoms with Gasteiger partial charge in [-0.2, -0.15) is 5.20 Å². The molecular formula is C11H16N3OP. The summed E-state index contributed by atoms with van der Waals surface area (Å²) in [6, 6.07) is 10.3. The van der Waals surface area contributed by atoms with Crippen LogP contribution in [0.3, 0.4) is 0 Å². The van der Waals surface area contributed by atoms with E-state index in [0.29, 0.717) is 6.61 Å². The Morgan fingerprint density at radius 1 is 1.38 bits per heavy atom. The highest BCUT2D eigenvalue weighted by atomic mass is 31.2. The molecule has 0 fully saturated rings. The number of amidine groups is 1. The van der Waals surface area contributed by atoms with Crippen molar-refractivity contribution in [1.29, 1.82) is 0 Å². The van der Waals surface area contributed by atoms with Gasteiger partial charge in [-0.1, -0.05) is 30.3 Å². The van der Waals surface area contributed by atoms with Gasteiger partial charge in [-0.15, -0.1) is 0 Å². The Bertz CT molecular complexity index is 369. The molecule has 0 saturated carbocycles. The molecule has 1 aromatic carbocycles. The van der Waals surface area contributed by atoms with Crippen LogP contribution < -0.4 is 5.20 Å². The lowest BCUT2D eigenvalue weighted by Gasteiger charge is -2.14. The van der Waals surface area contributed by atoms with E-state index >= 15 is 0 Å². The molecule has 0 aliphatic carbocycles. The predicted molar refractivity (Wildman–Crippen MR) is 67.0 cm³/mol. The molecule has 4 nitrogen and oxygen atoms in total. The van der Waals surface area contributed by atoms with E-state index in [1.165, 1.54) is 5.56 Å². The highest BCUT2D eigenvalue weighted by molar-refractivity contribution is 7.49. The van der Waals surface area contributed by atoms with Gasteiger partial charge in [0.25, 0.3) is 8.45 Å². The lowest BCUT2D eigenvalue weighted by molar-refractivity contribution is 0.355. The van der Waals surface area contributed by atoms with Gasteiger partial charge in [0.2, 0.25) is 0 Å². The number of rotatable bonds is 4. The van der Waals surface area contributed by atoms with Crippen molar-refractivity contribution in [1.82, 2.24) is 10.2 Å². The zero-order chi connectivity index (χ0) is 11.4. The third kappa shape index (κ3) is 2.79. The first kappa shape index (κ1) is 11.5. The monoisotopic (exact) mass is 237 g/mol. The fourth-order valence-corrected chi connectivity index (χ4v) is 2.68. The summed E-state index contributed by atoms with van der Waals surface area (Å²) < 4.78 is 9.99. The van der Waals surface area contributed by atoms with Crippen LogP contribution in [0.1, 0.15) is 12.5 Å². The highest BCUT2D eigenvalue weighted by Crippen LogP contribution is 2.38. The van der Waals surface area contributed by atoms with E-state index in [9.17, 15) is 0 Å². The van der Waals surface area contributed by atoms with Crippen LogP contribution in [0.2, 0.25) is 0 Å². The second-order valence-corrected chi connectivity index (χ2v) is 4.73. The van der Waals surface area contributed by atoms with Crippen molar-refractivity contribution < 1.29 is 4.52 Å². The summed E-state index contributed by atoms with van der Waals surface area (Å²) in [5.41, 5.74) is 1.27. The van der Waals surface area contributed by atoms with Gasteiger partial charge in [-0.05, 0) is 12.5 Å². The number of hydrogen-bond acceptors (Lipinski definition) is 4. The molecule has 1 atom stereocenters. The van der Waals surface area contributed by atoms with Crippen molar-refractivity contribution in [2.75, 3.05) is 13.7 Å². The standard InChI is InChI=1S/C11H16N3OP/c1-3-15-16-12-11(14(2)13-16)9-10-7-5-4-6-8-10/h4-8,13H,3,9H2,1-2H3. The topological polar surface area (TPSA) is 36.9 Å². The van der Waals surface area contributed by atoms with Crippen molar-refractivity contribution in [2.24, 2.45) is 4.76 Å². The Hall–Kier alpha value is -0.960. The van der Waals surface area contributed by atoms with Crippen molar-refractivity contribution in [3.63, 3.8) is 0 Å². The number of hydrogen-bond donors (Lipinski definition) is 1. The second-order valence-electron chi connectivity index (χ2n) is 3.53. The molecule has 16 heavy (non-hydrogen) atoms. The van der Waals surface area contributed by atoms with E-state index in [2.05, 4.69) is 22.1 Å². The maximum absolute atomic E-state index is 5.47. The Balaban J connectivity index is 2.02. The van der Waals surface area contributed by atoms with Gasteiger partial charge in [0.05, 0.1) is 6.61 Å². The van der Waals surface area contributed by atoms with Gasteiger partial charge in [-0.25, -0.2) is 4.76 Å². The quantitative estimate of drug-likeness (QED) is 0.817. The molecule has 1 aliphatic heterocycles. The molecule has 1 aliphatic rings. The van der Waals surface area contributed by atoms with E-state index < -0.39 is 8.45 Å². The molecule has 0 aromatic heterocycles. The van der Waals surface area contributed by atoms with E-state index in [1.807, 2.05) is 37.2 Å². The zero-order valence-corrected chi connectivity index (χ0v) is 10.4. The third-order valence-corrected chi connectivity index (χ3v) is 3.67. The largest absolute Gasteiger partial charge is 0.325 e. The Morgan fingerprint density at radius 2 is 2.12 bits per heavy atom. The molecule has 0 spiro atoms. The van der Waals surface area contributed by atoms with Crippen molar-refractivity contribution in [3.8, 4) is 0 Å². The maximum atomic E-state index is 5.47. The fraction of sp³-hybridized carbons (Fsp3) is 0.364. The molecule has 86 valence electrons. The van der Waals surface area contributed by atoms with Crippen LogP contribution in [0.5, 0.6) is 0 Å². The first-order valence-electron chi connectivity index (χ1n) is 5.34. The fourth-order valence-electron chi connectivity index (χ4n) is 1.49. The molecule has 0 amide bonds. The summed E-state index contributed by atoms with van der Waals surface area (Å²) in [6.07, 6.45) is 0.843. The number of benzene rings is 1. The molecule has 1 unspecified atom stereocenters. The minimum Gasteiger partial charge on any atom is -0.325 e. The Kier molecular flexibility index (Phi) is 3.88. The minimum absolute atomic E-state index is 0.689. The van der Waals surface area contributed by atoms with E-state index in [1.54, 1.807) is 0 Å². The summed E-state index contributed by atoms with van der Waals surface area (Å²) in [4.78, 5) is 0. The average Bonchev–Trinajstić information content (AvgIpc) is 2.61. The number of nitrogens with zero attached hydrogens (tertiary/aromatic N) is 2. The lowest BCUT2D eigenvalue weighted by atomic mass is 10.1. The van der Waals surface area contributed by atoms with Crippen molar-refractivity contribution >= 4 is 14.3 Å². The van der Waals surface area contributed by atoms with Crippen molar-refractivity contribution in [2.45, 2.75) is 13.3 Å². The first-order valence-corrected chi connectivity index (χ1v) is 6.55. The van der Waals surface area contributed by atoms with Crippen LogP contribution in [0.4, 0.5) is 0 Å². The maximum Gasteiger partial charge on any atom is 0.256 e. The van der Waals surface area contributed by atoms with Crippen LogP contribution in [0.25, 0.3) is 0 Å². The van der Waals surface area contributed by atoms with E-state index in [0.717, 1.165) is 12.3 Å². The van der Waals surface area contributed by atoms with Gasteiger partial charge in [0.15, 0.2) is 0 Å². The summed E-state index contributed by atoms with van der Waals surface area (Å²) in [7, 11) is 1.12. The van der Waals surface area contributed by atoms with Crippen LogP contribution in [-0.4, -0.2) is 24.5 Å². The van der Waals surface area contributed by atoms with Crippen LogP contribution in [0, 0.1) is 0 Å². The normalized spacial score (nSPS) is 20.0. The molecular weight excluding hydrogens is 221 g/mol. The zero-order valence-electron chi connectivity index (χ0n) is 9.55. The predicted octanol–water partition coefficient (Wildman–Crippen LogP) is 2.34.